The molecule has 0 aliphatic heterocycles. The van der Waals surface area contributed by atoms with Crippen molar-refractivity contribution in [2.45, 2.75) is 52.7 Å². The Labute approximate surface area is 81.1 Å². The third kappa shape index (κ3) is 4.76. The van der Waals surface area contributed by atoms with Crippen molar-refractivity contribution in [3.63, 3.8) is 0 Å². The molecule has 1 atom stereocenters. The monoisotopic (exact) mass is 187 g/mol. The molecule has 0 spiro atoms. The van der Waals surface area contributed by atoms with Gasteiger partial charge in [-0.15, -0.1) is 0 Å². The van der Waals surface area contributed by atoms with Crippen LogP contribution in [0.25, 0.3) is 0 Å². The highest BCUT2D eigenvalue weighted by Crippen LogP contribution is 2.11. The van der Waals surface area contributed by atoms with Gasteiger partial charge in [0.15, 0.2) is 0 Å². The molecule has 0 aliphatic rings. The van der Waals surface area contributed by atoms with Crippen LogP contribution in [0.5, 0.6) is 0 Å². The fourth-order valence-corrected chi connectivity index (χ4v) is 0.788. The molecule has 0 saturated carbocycles. The second-order valence-corrected chi connectivity index (χ2v) is 4.35. The maximum absolute atomic E-state index is 11.5. The van der Waals surface area contributed by atoms with Crippen LogP contribution in [0.3, 0.4) is 0 Å². The smallest absolute Gasteiger partial charge is 0.410 e. The van der Waals surface area contributed by atoms with Crippen LogP contribution in [0.4, 0.5) is 4.79 Å². The van der Waals surface area contributed by atoms with E-state index in [9.17, 15) is 4.79 Å². The lowest BCUT2D eigenvalue weighted by Crippen LogP contribution is -2.39. The molecule has 78 valence electrons. The van der Waals surface area contributed by atoms with Crippen molar-refractivity contribution in [3.8, 4) is 0 Å². The van der Waals surface area contributed by atoms with E-state index in [1.807, 2.05) is 34.6 Å². The Kier molecular flexibility index (Phi) is 4.24. The zero-order valence-electron chi connectivity index (χ0n) is 9.55. The molecule has 0 aliphatic carbocycles. The van der Waals surface area contributed by atoms with Crippen LogP contribution >= 0.6 is 0 Å². The van der Waals surface area contributed by atoms with Gasteiger partial charge in [-0.25, -0.2) is 4.79 Å². The quantitative estimate of drug-likeness (QED) is 0.665. The van der Waals surface area contributed by atoms with Crippen molar-refractivity contribution in [2.24, 2.45) is 0 Å². The molecule has 1 amide bonds. The summed E-state index contributed by atoms with van der Waals surface area (Å²) in [6, 6.07) is 0.231. The van der Waals surface area contributed by atoms with Crippen molar-refractivity contribution in [1.29, 1.82) is 0 Å². The standard InChI is InChI=1S/C10H21NO2/c1-7-8(2)11(6)9(12)13-10(3,4)5/h8H,7H2,1-6H3/t8-/m1/s1. The lowest BCUT2D eigenvalue weighted by molar-refractivity contribution is 0.0233. The Balaban J connectivity index is 4.12. The molecule has 3 heteroatoms. The zero-order chi connectivity index (χ0) is 10.6. The minimum absolute atomic E-state index is 0.231. The van der Waals surface area contributed by atoms with Gasteiger partial charge in [-0.3, -0.25) is 0 Å². The Hall–Kier alpha value is -0.730. The fourth-order valence-electron chi connectivity index (χ4n) is 0.788. The number of carbonyl (C=O) groups is 1. The second-order valence-electron chi connectivity index (χ2n) is 4.35. The summed E-state index contributed by atoms with van der Waals surface area (Å²) in [5.41, 5.74) is -0.404. The average Bonchev–Trinajstić information content (AvgIpc) is 1.98. The van der Waals surface area contributed by atoms with Gasteiger partial charge in [0.1, 0.15) is 5.60 Å². The predicted molar refractivity (Wildman–Crippen MR) is 53.8 cm³/mol. The number of hydrogen-bond donors (Lipinski definition) is 0. The fraction of sp³-hybridized carbons (Fsp3) is 0.900. The van der Waals surface area contributed by atoms with Gasteiger partial charge in [0.2, 0.25) is 0 Å². The number of nitrogens with zero attached hydrogens (tertiary/aromatic N) is 1. The molecule has 3 nitrogen and oxygen atoms in total. The molecule has 13 heavy (non-hydrogen) atoms. The molecule has 0 saturated heterocycles. The van der Waals surface area contributed by atoms with E-state index in [-0.39, 0.29) is 12.1 Å². The van der Waals surface area contributed by atoms with Gasteiger partial charge in [0.05, 0.1) is 0 Å². The molecular formula is C10H21NO2. The summed E-state index contributed by atoms with van der Waals surface area (Å²) in [5.74, 6) is 0. The normalized spacial score (nSPS) is 13.7. The van der Waals surface area contributed by atoms with Crippen molar-refractivity contribution >= 4 is 6.09 Å². The lowest BCUT2D eigenvalue weighted by Gasteiger charge is -2.28. The first-order valence-corrected chi connectivity index (χ1v) is 4.73. The first kappa shape index (κ1) is 12.3. The highest BCUT2D eigenvalue weighted by molar-refractivity contribution is 5.68. The zero-order valence-corrected chi connectivity index (χ0v) is 9.55. The highest BCUT2D eigenvalue weighted by Gasteiger charge is 2.21. The number of rotatable bonds is 2. The Bertz CT molecular complexity index is 172. The molecule has 0 fully saturated rings. The van der Waals surface area contributed by atoms with Crippen LogP contribution in [0, 0.1) is 0 Å². The van der Waals surface area contributed by atoms with Crippen LogP contribution in [0.15, 0.2) is 0 Å². The molecule has 0 heterocycles. The predicted octanol–water partition coefficient (Wildman–Crippen LogP) is 2.65. The SMILES string of the molecule is CC[C@@H](C)N(C)C(=O)OC(C)(C)C. The van der Waals surface area contributed by atoms with Crippen LogP contribution < -0.4 is 0 Å². The minimum Gasteiger partial charge on any atom is -0.444 e. The second kappa shape index (κ2) is 4.49. The largest absolute Gasteiger partial charge is 0.444 e. The first-order valence-electron chi connectivity index (χ1n) is 4.73. The summed E-state index contributed by atoms with van der Waals surface area (Å²) >= 11 is 0. The molecule has 0 aromatic rings. The van der Waals surface area contributed by atoms with Crippen molar-refractivity contribution in [3.05, 3.63) is 0 Å². The van der Waals surface area contributed by atoms with Crippen LogP contribution in [0.2, 0.25) is 0 Å². The number of hydrogen-bond acceptors (Lipinski definition) is 2. The van der Waals surface area contributed by atoms with Crippen molar-refractivity contribution in [2.75, 3.05) is 7.05 Å². The molecule has 0 aromatic heterocycles. The van der Waals surface area contributed by atoms with Crippen molar-refractivity contribution < 1.29 is 9.53 Å². The molecule has 0 bridgehead atoms. The van der Waals surface area contributed by atoms with E-state index >= 15 is 0 Å². The van der Waals surface area contributed by atoms with Crippen molar-refractivity contribution in [1.82, 2.24) is 4.90 Å². The maximum Gasteiger partial charge on any atom is 0.410 e. The van der Waals surface area contributed by atoms with Gasteiger partial charge in [0.25, 0.3) is 0 Å². The number of amides is 1. The van der Waals surface area contributed by atoms with E-state index in [0.717, 1.165) is 6.42 Å². The summed E-state index contributed by atoms with van der Waals surface area (Å²) in [5, 5.41) is 0. The summed E-state index contributed by atoms with van der Waals surface area (Å²) < 4.78 is 5.21. The Morgan fingerprint density at radius 2 is 1.92 bits per heavy atom. The molecule has 0 N–H and O–H groups in total. The van der Waals surface area contributed by atoms with E-state index in [1.54, 1.807) is 11.9 Å². The molecule has 0 unspecified atom stereocenters. The van der Waals surface area contributed by atoms with Gasteiger partial charge in [-0.05, 0) is 34.1 Å². The maximum atomic E-state index is 11.5. The van der Waals surface area contributed by atoms with E-state index in [1.165, 1.54) is 0 Å². The topological polar surface area (TPSA) is 29.5 Å². The third-order valence-electron chi connectivity index (χ3n) is 1.93. The van der Waals surface area contributed by atoms with Gasteiger partial charge >= 0.3 is 6.09 Å². The average molecular weight is 187 g/mol. The summed E-state index contributed by atoms with van der Waals surface area (Å²) in [7, 11) is 1.77. The van der Waals surface area contributed by atoms with E-state index in [0.29, 0.717) is 0 Å². The summed E-state index contributed by atoms with van der Waals surface area (Å²) in [6.07, 6.45) is 0.692. The Morgan fingerprint density at radius 3 is 2.23 bits per heavy atom. The van der Waals surface area contributed by atoms with Gasteiger partial charge in [-0.2, -0.15) is 0 Å². The van der Waals surface area contributed by atoms with Gasteiger partial charge in [0, 0.05) is 13.1 Å². The molecule has 0 rings (SSSR count). The minimum atomic E-state index is -0.404. The van der Waals surface area contributed by atoms with Gasteiger partial charge < -0.3 is 9.64 Å². The number of carbonyl (C=O) groups excluding carboxylic acids is 1. The van der Waals surface area contributed by atoms with E-state index in [2.05, 4.69) is 0 Å². The lowest BCUT2D eigenvalue weighted by atomic mass is 10.2. The number of ether oxygens (including phenoxy) is 1. The van der Waals surface area contributed by atoms with Crippen LogP contribution in [-0.2, 0) is 4.74 Å². The first-order chi connectivity index (χ1) is 5.78. The van der Waals surface area contributed by atoms with Gasteiger partial charge in [-0.1, -0.05) is 6.92 Å². The van der Waals surface area contributed by atoms with E-state index < -0.39 is 5.60 Å². The molecule has 0 radical (unpaired) electrons. The van der Waals surface area contributed by atoms with Crippen LogP contribution in [0.1, 0.15) is 41.0 Å². The molecular weight excluding hydrogens is 166 g/mol. The molecule has 0 aromatic carbocycles. The Morgan fingerprint density at radius 1 is 1.46 bits per heavy atom. The summed E-state index contributed by atoms with van der Waals surface area (Å²) in [6.45, 7) is 9.66. The highest BCUT2D eigenvalue weighted by atomic mass is 16.6. The summed E-state index contributed by atoms with van der Waals surface area (Å²) in [4.78, 5) is 13.1. The van der Waals surface area contributed by atoms with Crippen LogP contribution in [-0.4, -0.2) is 29.7 Å². The third-order valence-corrected chi connectivity index (χ3v) is 1.93. The van der Waals surface area contributed by atoms with E-state index in [4.69, 9.17) is 4.74 Å².